The molecule has 3 N–H and O–H groups in total. The second-order valence-corrected chi connectivity index (χ2v) is 6.52. The van der Waals surface area contributed by atoms with Gasteiger partial charge >= 0.3 is 6.61 Å². The van der Waals surface area contributed by atoms with E-state index in [-0.39, 0.29) is 29.4 Å². The minimum atomic E-state index is -2.87. The van der Waals surface area contributed by atoms with Gasteiger partial charge in [-0.2, -0.15) is 8.78 Å². The van der Waals surface area contributed by atoms with Gasteiger partial charge in [0.15, 0.2) is 11.7 Å². The fourth-order valence-electron chi connectivity index (χ4n) is 2.89. The van der Waals surface area contributed by atoms with Gasteiger partial charge < -0.3 is 15.4 Å². The molecule has 0 aliphatic carbocycles. The Morgan fingerprint density at radius 3 is 2.38 bits per heavy atom. The number of nitrogens with two attached hydrogens (primary N) is 1. The van der Waals surface area contributed by atoms with E-state index in [1.165, 1.54) is 18.3 Å². The molecule has 29 heavy (non-hydrogen) atoms. The molecule has 3 rings (SSSR count). The summed E-state index contributed by atoms with van der Waals surface area (Å²) in [6.07, 6.45) is 1.54. The molecule has 5 nitrogen and oxygen atoms in total. The zero-order chi connectivity index (χ0) is 20.6. The molecule has 0 saturated heterocycles. The van der Waals surface area contributed by atoms with Crippen molar-refractivity contribution < 1.29 is 23.6 Å². The third kappa shape index (κ3) is 5.97. The summed E-state index contributed by atoms with van der Waals surface area (Å²) >= 11 is 5.97. The maximum atomic E-state index is 12.4. The molecule has 1 heterocycles. The number of carbonyl (C=O) groups excluding carboxylic acids is 1. The molecule has 0 unspecified atom stereocenters. The summed E-state index contributed by atoms with van der Waals surface area (Å²) < 4.78 is 29.2. The van der Waals surface area contributed by atoms with Crippen molar-refractivity contribution in [3.63, 3.8) is 0 Å². The summed E-state index contributed by atoms with van der Waals surface area (Å²) in [6.45, 7) is -2.75. The Balaban J connectivity index is 1.73. The van der Waals surface area contributed by atoms with Gasteiger partial charge in [0.2, 0.25) is 0 Å². The van der Waals surface area contributed by atoms with Gasteiger partial charge in [0.1, 0.15) is 11.8 Å². The van der Waals surface area contributed by atoms with Crippen LogP contribution in [-0.2, 0) is 4.79 Å². The van der Waals surface area contributed by atoms with Crippen LogP contribution in [0.2, 0.25) is 5.15 Å². The van der Waals surface area contributed by atoms with Crippen molar-refractivity contribution >= 4 is 23.2 Å². The summed E-state index contributed by atoms with van der Waals surface area (Å²) in [5, 5.41) is 4.81. The Morgan fingerprint density at radius 1 is 1.03 bits per heavy atom. The lowest BCUT2D eigenvalue weighted by Gasteiger charge is -2.17. The molecule has 0 saturated carbocycles. The highest BCUT2D eigenvalue weighted by Crippen LogP contribution is 2.22. The average molecular weight is 419 g/mol. The Morgan fingerprint density at radius 2 is 1.72 bits per heavy atom. The Hall–Kier alpha value is -3.03. The molecule has 3 aromatic rings. The standard InChI is InChI=1S/C21H18ClF2N3O2/c22-20-17(7-4-12-25-20)27-18(28)13-26-19(14-5-2-1-3-6-14)15-8-10-16(11-9-15)29-21(23)24/h1-12,19,21,26H,13H2,(H,27,28)/p+1/t19-/m1/s1. The number of nitrogens with zero attached hydrogens (tertiary/aromatic N) is 1. The van der Waals surface area contributed by atoms with Crippen LogP contribution in [0.3, 0.4) is 0 Å². The first-order valence-corrected chi connectivity index (χ1v) is 9.24. The fraction of sp³-hybridized carbons (Fsp3) is 0.143. The van der Waals surface area contributed by atoms with E-state index in [1.54, 1.807) is 24.3 Å². The minimum absolute atomic E-state index is 0.0829. The van der Waals surface area contributed by atoms with Gasteiger partial charge in [0.05, 0.1) is 5.69 Å². The number of anilines is 1. The number of aromatic nitrogens is 1. The highest BCUT2D eigenvalue weighted by molar-refractivity contribution is 6.32. The van der Waals surface area contributed by atoms with Gasteiger partial charge in [-0.25, -0.2) is 4.98 Å². The minimum Gasteiger partial charge on any atom is -0.435 e. The van der Waals surface area contributed by atoms with Gasteiger partial charge in [-0.1, -0.05) is 41.9 Å². The van der Waals surface area contributed by atoms with E-state index in [2.05, 4.69) is 15.0 Å². The number of quaternary nitrogens is 1. The van der Waals surface area contributed by atoms with E-state index in [0.29, 0.717) is 5.69 Å². The maximum absolute atomic E-state index is 12.4. The second kappa shape index (κ2) is 9.95. The highest BCUT2D eigenvalue weighted by atomic mass is 35.5. The molecule has 0 radical (unpaired) electrons. The van der Waals surface area contributed by atoms with Crippen molar-refractivity contribution in [2.24, 2.45) is 0 Å². The number of pyridine rings is 1. The molecular weight excluding hydrogens is 400 g/mol. The van der Waals surface area contributed by atoms with Crippen LogP contribution in [0.5, 0.6) is 5.75 Å². The van der Waals surface area contributed by atoms with Crippen LogP contribution in [0.4, 0.5) is 14.5 Å². The molecule has 1 atom stereocenters. The number of ether oxygens (including phenoxy) is 1. The highest BCUT2D eigenvalue weighted by Gasteiger charge is 2.20. The van der Waals surface area contributed by atoms with Crippen LogP contribution >= 0.6 is 11.6 Å². The molecule has 0 fully saturated rings. The fourth-order valence-corrected chi connectivity index (χ4v) is 3.05. The predicted octanol–water partition coefficient (Wildman–Crippen LogP) is 3.63. The lowest BCUT2D eigenvalue weighted by molar-refractivity contribution is -0.676. The van der Waals surface area contributed by atoms with Gasteiger partial charge in [0.25, 0.3) is 5.91 Å². The molecule has 0 aliphatic heterocycles. The number of benzene rings is 2. The number of alkyl halides is 2. The number of carbonyl (C=O) groups is 1. The Kier molecular flexibility index (Phi) is 7.10. The lowest BCUT2D eigenvalue weighted by atomic mass is 9.98. The van der Waals surface area contributed by atoms with E-state index in [9.17, 15) is 13.6 Å². The Bertz CT molecular complexity index is 940. The second-order valence-electron chi connectivity index (χ2n) is 6.17. The summed E-state index contributed by atoms with van der Waals surface area (Å²) in [4.78, 5) is 16.3. The lowest BCUT2D eigenvalue weighted by Crippen LogP contribution is -2.87. The number of halogens is 3. The third-order valence-electron chi connectivity index (χ3n) is 4.20. The maximum Gasteiger partial charge on any atom is 0.387 e. The van der Waals surface area contributed by atoms with Crippen molar-refractivity contribution in [3.8, 4) is 5.75 Å². The van der Waals surface area contributed by atoms with Gasteiger partial charge in [-0.05, 0) is 36.4 Å². The van der Waals surface area contributed by atoms with E-state index in [4.69, 9.17) is 11.6 Å². The molecule has 0 bridgehead atoms. The van der Waals surface area contributed by atoms with Gasteiger partial charge in [-0.15, -0.1) is 0 Å². The van der Waals surface area contributed by atoms with Gasteiger partial charge in [-0.3, -0.25) is 4.79 Å². The van der Waals surface area contributed by atoms with Crippen molar-refractivity contribution in [2.75, 3.05) is 11.9 Å². The molecule has 0 aliphatic rings. The molecular formula is C21H19ClF2N3O2+. The third-order valence-corrected chi connectivity index (χ3v) is 4.50. The van der Waals surface area contributed by atoms with Crippen LogP contribution in [-0.4, -0.2) is 24.0 Å². The normalized spacial score (nSPS) is 11.9. The predicted molar refractivity (Wildman–Crippen MR) is 106 cm³/mol. The molecule has 2 aromatic carbocycles. The zero-order valence-electron chi connectivity index (χ0n) is 15.3. The molecule has 8 heteroatoms. The summed E-state index contributed by atoms with van der Waals surface area (Å²) in [7, 11) is 0. The topological polar surface area (TPSA) is 67.8 Å². The SMILES string of the molecule is O=C(C[NH2+][C@H](c1ccccc1)c1ccc(OC(F)F)cc1)Nc1cccnc1Cl. The summed E-state index contributed by atoms with van der Waals surface area (Å²) in [5.41, 5.74) is 2.27. The molecule has 1 amide bonds. The van der Waals surface area contributed by atoms with E-state index >= 15 is 0 Å². The summed E-state index contributed by atoms with van der Waals surface area (Å²) in [5.74, 6) is -0.155. The van der Waals surface area contributed by atoms with E-state index < -0.39 is 6.61 Å². The van der Waals surface area contributed by atoms with Crippen LogP contribution in [0.15, 0.2) is 72.9 Å². The van der Waals surface area contributed by atoms with Crippen LogP contribution in [0, 0.1) is 0 Å². The average Bonchev–Trinajstić information content (AvgIpc) is 2.71. The van der Waals surface area contributed by atoms with E-state index in [0.717, 1.165) is 11.1 Å². The Labute approximate surface area is 171 Å². The van der Waals surface area contributed by atoms with Gasteiger partial charge in [0, 0.05) is 17.3 Å². The number of amides is 1. The largest absolute Gasteiger partial charge is 0.435 e. The first-order chi connectivity index (χ1) is 14.0. The van der Waals surface area contributed by atoms with Crippen LogP contribution in [0.1, 0.15) is 17.2 Å². The van der Waals surface area contributed by atoms with Crippen LogP contribution in [0.25, 0.3) is 0 Å². The van der Waals surface area contributed by atoms with Crippen molar-refractivity contribution in [2.45, 2.75) is 12.7 Å². The van der Waals surface area contributed by atoms with Crippen molar-refractivity contribution in [1.82, 2.24) is 4.98 Å². The first kappa shape index (κ1) is 20.7. The molecule has 0 spiro atoms. The quantitative estimate of drug-likeness (QED) is 0.549. The molecule has 150 valence electrons. The number of rotatable bonds is 8. The van der Waals surface area contributed by atoms with E-state index in [1.807, 2.05) is 35.6 Å². The van der Waals surface area contributed by atoms with Crippen molar-refractivity contribution in [3.05, 3.63) is 89.2 Å². The number of hydrogen-bond donors (Lipinski definition) is 2. The smallest absolute Gasteiger partial charge is 0.387 e. The number of nitrogens with one attached hydrogen (secondary N) is 1. The number of hydrogen-bond acceptors (Lipinski definition) is 3. The monoisotopic (exact) mass is 418 g/mol. The zero-order valence-corrected chi connectivity index (χ0v) is 16.0. The van der Waals surface area contributed by atoms with Crippen molar-refractivity contribution in [1.29, 1.82) is 0 Å². The molecule has 1 aromatic heterocycles. The van der Waals surface area contributed by atoms with Crippen LogP contribution < -0.4 is 15.4 Å². The first-order valence-electron chi connectivity index (χ1n) is 8.86. The summed E-state index contributed by atoms with van der Waals surface area (Å²) in [6, 6.07) is 19.1.